The zero-order chi connectivity index (χ0) is 23.4. The lowest BCUT2D eigenvalue weighted by Gasteiger charge is -2.37. The van der Waals surface area contributed by atoms with Crippen molar-refractivity contribution in [2.45, 2.75) is 26.2 Å². The number of carbonyl (C=O) groups excluding carboxylic acids is 1. The molecule has 2 aromatic carbocycles. The third kappa shape index (κ3) is 5.05. The maximum Gasteiger partial charge on any atom is 0.336 e. The first-order valence-corrected chi connectivity index (χ1v) is 11.2. The lowest BCUT2D eigenvalue weighted by molar-refractivity contribution is -0.116. The molecular formula is C25H27FN4O3. The Labute approximate surface area is 191 Å². The molecule has 4 rings (SSSR count). The maximum absolute atomic E-state index is 14.1. The summed E-state index contributed by atoms with van der Waals surface area (Å²) in [6, 6.07) is 13.4. The number of nitrogens with one attached hydrogen (secondary N) is 1. The molecule has 1 saturated heterocycles. The fourth-order valence-corrected chi connectivity index (χ4v) is 4.07. The number of pyridine rings is 1. The number of unbranched alkanes of at least 4 members (excludes halogenated alkanes) is 1. The van der Waals surface area contributed by atoms with Gasteiger partial charge in [0, 0.05) is 43.7 Å². The number of hydrogen-bond donors (Lipinski definition) is 2. The van der Waals surface area contributed by atoms with Gasteiger partial charge in [0.15, 0.2) is 0 Å². The van der Waals surface area contributed by atoms with Gasteiger partial charge in [0.25, 0.3) is 0 Å². The smallest absolute Gasteiger partial charge is 0.336 e. The number of aromatic carboxylic acids is 1. The van der Waals surface area contributed by atoms with Gasteiger partial charge >= 0.3 is 5.97 Å². The van der Waals surface area contributed by atoms with Crippen molar-refractivity contribution in [2.24, 2.45) is 0 Å². The van der Waals surface area contributed by atoms with Crippen LogP contribution in [0.3, 0.4) is 0 Å². The average Bonchev–Trinajstić information content (AvgIpc) is 2.82. The lowest BCUT2D eigenvalue weighted by atomic mass is 10.1. The van der Waals surface area contributed by atoms with Crippen molar-refractivity contribution in [3.63, 3.8) is 0 Å². The molecule has 0 bridgehead atoms. The van der Waals surface area contributed by atoms with Crippen LogP contribution >= 0.6 is 0 Å². The summed E-state index contributed by atoms with van der Waals surface area (Å²) in [4.78, 5) is 32.8. The van der Waals surface area contributed by atoms with Crippen molar-refractivity contribution in [2.75, 3.05) is 41.3 Å². The molecule has 1 aliphatic rings. The number of rotatable bonds is 7. The fourth-order valence-electron chi connectivity index (χ4n) is 4.07. The number of amides is 1. The van der Waals surface area contributed by atoms with Crippen LogP contribution in [0, 0.1) is 5.82 Å². The summed E-state index contributed by atoms with van der Waals surface area (Å²) in [5, 5.41) is 13.1. The minimum atomic E-state index is -1.05. The van der Waals surface area contributed by atoms with Crippen LogP contribution in [0.1, 0.15) is 36.5 Å². The number of carboxylic acids is 1. The van der Waals surface area contributed by atoms with Gasteiger partial charge in [0.1, 0.15) is 11.6 Å². The summed E-state index contributed by atoms with van der Waals surface area (Å²) in [6.07, 6.45) is 2.15. The fraction of sp³-hybridized carbons (Fsp3) is 0.320. The highest BCUT2D eigenvalue weighted by molar-refractivity contribution is 6.05. The minimum Gasteiger partial charge on any atom is -0.478 e. The summed E-state index contributed by atoms with van der Waals surface area (Å²) in [7, 11) is 0. The Morgan fingerprint density at radius 3 is 2.48 bits per heavy atom. The second kappa shape index (κ2) is 9.85. The van der Waals surface area contributed by atoms with E-state index in [9.17, 15) is 19.1 Å². The SMILES string of the molecule is CCCCC(=O)Nc1ccc2nc(N3CCN(c4ccccc4F)CC3)cc(C(=O)O)c2c1. The molecule has 0 aliphatic carbocycles. The zero-order valence-electron chi connectivity index (χ0n) is 18.6. The Bertz CT molecular complexity index is 1180. The topological polar surface area (TPSA) is 85.8 Å². The van der Waals surface area contributed by atoms with Crippen molar-refractivity contribution >= 4 is 40.0 Å². The Balaban J connectivity index is 1.55. The van der Waals surface area contributed by atoms with E-state index >= 15 is 0 Å². The molecular weight excluding hydrogens is 423 g/mol. The molecule has 2 N–H and O–H groups in total. The molecule has 1 fully saturated rings. The molecule has 1 amide bonds. The number of carboxylic acid groups (broad SMARTS) is 1. The highest BCUT2D eigenvalue weighted by Gasteiger charge is 2.22. The van der Waals surface area contributed by atoms with Crippen LogP contribution in [0.4, 0.5) is 21.6 Å². The van der Waals surface area contributed by atoms with E-state index in [2.05, 4.69) is 10.3 Å². The number of anilines is 3. The number of halogens is 1. The number of carbonyl (C=O) groups is 2. The number of aromatic nitrogens is 1. The molecule has 0 radical (unpaired) electrons. The van der Waals surface area contributed by atoms with Gasteiger partial charge in [0.2, 0.25) is 5.91 Å². The van der Waals surface area contributed by atoms with Gasteiger partial charge in [0.05, 0.1) is 16.8 Å². The third-order valence-corrected chi connectivity index (χ3v) is 5.86. The van der Waals surface area contributed by atoms with E-state index in [1.165, 1.54) is 6.07 Å². The Morgan fingerprint density at radius 2 is 1.79 bits per heavy atom. The number of fused-ring (bicyclic) bond motifs is 1. The van der Waals surface area contributed by atoms with E-state index in [0.717, 1.165) is 12.8 Å². The lowest BCUT2D eigenvalue weighted by Crippen LogP contribution is -2.47. The molecule has 0 spiro atoms. The number of benzene rings is 2. The molecule has 0 atom stereocenters. The van der Waals surface area contributed by atoms with Crippen LogP contribution < -0.4 is 15.1 Å². The number of hydrogen-bond acceptors (Lipinski definition) is 5. The molecule has 33 heavy (non-hydrogen) atoms. The summed E-state index contributed by atoms with van der Waals surface area (Å²) in [5.74, 6) is -0.818. The van der Waals surface area contributed by atoms with Crippen LogP contribution in [0.2, 0.25) is 0 Å². The van der Waals surface area contributed by atoms with E-state index in [1.54, 1.807) is 36.4 Å². The van der Waals surface area contributed by atoms with Gasteiger partial charge in [-0.05, 0) is 42.8 Å². The highest BCUT2D eigenvalue weighted by Crippen LogP contribution is 2.28. The minimum absolute atomic E-state index is 0.0922. The van der Waals surface area contributed by atoms with Gasteiger partial charge in [-0.1, -0.05) is 25.5 Å². The normalized spacial score (nSPS) is 13.9. The van der Waals surface area contributed by atoms with Gasteiger partial charge in [-0.25, -0.2) is 14.2 Å². The molecule has 7 nitrogen and oxygen atoms in total. The second-order valence-electron chi connectivity index (χ2n) is 8.14. The van der Waals surface area contributed by atoms with Crippen molar-refractivity contribution < 1.29 is 19.1 Å². The molecule has 1 aliphatic heterocycles. The van der Waals surface area contributed by atoms with E-state index in [4.69, 9.17) is 0 Å². The molecule has 0 unspecified atom stereocenters. The Morgan fingerprint density at radius 1 is 1.06 bits per heavy atom. The number of nitrogens with zero attached hydrogens (tertiary/aromatic N) is 3. The zero-order valence-corrected chi connectivity index (χ0v) is 18.6. The first-order chi connectivity index (χ1) is 16.0. The average molecular weight is 451 g/mol. The summed E-state index contributed by atoms with van der Waals surface area (Å²) in [5.41, 5.74) is 1.81. The molecule has 1 aromatic heterocycles. The third-order valence-electron chi connectivity index (χ3n) is 5.86. The molecule has 2 heterocycles. The molecule has 0 saturated carbocycles. The van der Waals surface area contributed by atoms with E-state index in [-0.39, 0.29) is 17.3 Å². The van der Waals surface area contributed by atoms with Crippen molar-refractivity contribution in [1.82, 2.24) is 4.98 Å². The van der Waals surface area contributed by atoms with E-state index < -0.39 is 5.97 Å². The Hall–Kier alpha value is -3.68. The monoisotopic (exact) mass is 450 g/mol. The summed E-state index contributed by atoms with van der Waals surface area (Å²) < 4.78 is 14.1. The van der Waals surface area contributed by atoms with E-state index in [0.29, 0.717) is 60.7 Å². The molecule has 8 heteroatoms. The standard InChI is InChI=1S/C25H27FN4O3/c1-2-3-8-24(31)27-17-9-10-21-18(15-17)19(25(32)33)16-23(28-21)30-13-11-29(12-14-30)22-7-5-4-6-20(22)26/h4-7,9-10,15-16H,2-3,8,11-14H2,1H3,(H,27,31)(H,32,33). The Kier molecular flexibility index (Phi) is 6.72. The summed E-state index contributed by atoms with van der Waals surface area (Å²) >= 11 is 0. The van der Waals surface area contributed by atoms with Crippen LogP contribution in [0.5, 0.6) is 0 Å². The predicted molar refractivity (Wildman–Crippen MR) is 128 cm³/mol. The first kappa shape index (κ1) is 22.5. The largest absolute Gasteiger partial charge is 0.478 e. The predicted octanol–water partition coefficient (Wildman–Crippen LogP) is 4.53. The van der Waals surface area contributed by atoms with Crippen molar-refractivity contribution in [3.8, 4) is 0 Å². The van der Waals surface area contributed by atoms with Crippen LogP contribution in [0.15, 0.2) is 48.5 Å². The van der Waals surface area contributed by atoms with Gasteiger partial charge in [-0.15, -0.1) is 0 Å². The molecule has 3 aromatic rings. The maximum atomic E-state index is 14.1. The van der Waals surface area contributed by atoms with Crippen LogP contribution in [0.25, 0.3) is 10.9 Å². The van der Waals surface area contributed by atoms with Crippen molar-refractivity contribution in [1.29, 1.82) is 0 Å². The van der Waals surface area contributed by atoms with Crippen LogP contribution in [-0.4, -0.2) is 48.1 Å². The number of para-hydroxylation sites is 1. The second-order valence-corrected chi connectivity index (χ2v) is 8.14. The van der Waals surface area contributed by atoms with Gasteiger partial charge < -0.3 is 20.2 Å². The molecule has 172 valence electrons. The van der Waals surface area contributed by atoms with Crippen molar-refractivity contribution in [3.05, 3.63) is 59.9 Å². The quantitative estimate of drug-likeness (QED) is 0.550. The number of piperazine rings is 1. The van der Waals surface area contributed by atoms with E-state index in [1.807, 2.05) is 22.8 Å². The van der Waals surface area contributed by atoms with Gasteiger partial charge in [-0.3, -0.25) is 4.79 Å². The first-order valence-electron chi connectivity index (χ1n) is 11.2. The van der Waals surface area contributed by atoms with Crippen LogP contribution in [-0.2, 0) is 4.79 Å². The van der Waals surface area contributed by atoms with Gasteiger partial charge in [-0.2, -0.15) is 0 Å². The highest BCUT2D eigenvalue weighted by atomic mass is 19.1. The summed E-state index contributed by atoms with van der Waals surface area (Å²) in [6.45, 7) is 4.41.